The van der Waals surface area contributed by atoms with Gasteiger partial charge in [0.25, 0.3) is 0 Å². The summed E-state index contributed by atoms with van der Waals surface area (Å²) in [5.41, 5.74) is 8.68. The molecule has 7 N–H and O–H groups in total. The minimum atomic E-state index is -0.0521. The monoisotopic (exact) mass is 1010 g/mol. The number of amides is 4. The van der Waals surface area contributed by atoms with Gasteiger partial charge in [-0.15, -0.1) is 0 Å². The Balaban J connectivity index is 0.614. The van der Waals surface area contributed by atoms with Crippen LogP contribution >= 0.6 is 11.8 Å². The number of benzene rings is 2. The van der Waals surface area contributed by atoms with Gasteiger partial charge in [-0.2, -0.15) is 16.9 Å². The minimum absolute atomic E-state index is 0.0102. The summed E-state index contributed by atoms with van der Waals surface area (Å²) in [5, 5.41) is 22.8. The Morgan fingerprint density at radius 3 is 2.24 bits per heavy atom. The number of nitrogens with zero attached hydrogens (tertiary/aromatic N) is 7. The molecule has 0 spiro atoms. The highest BCUT2D eigenvalue weighted by Crippen LogP contribution is 2.36. The summed E-state index contributed by atoms with van der Waals surface area (Å²) in [6, 6.07) is 18.1. The van der Waals surface area contributed by atoms with E-state index in [-0.39, 0.29) is 23.9 Å². The standard InChI is InChI=1S/C54H79N13O4S/c55-52-49-50(41-22-24-44(25-23-41)71-43-17-6-3-7-18-43)63-67(53(49)60-40-59-52)42-16-14-32-66(38-42)48(69)21-15-31-64-34-36-65(37-35-64)33-30-58-47(68)20-9-5-13-29-57-27-11-2-1-10-26-56-28-12-4-8-19-46-51-45(39-72-46)61-54(70)62-51/h3,6-7,15,17-18,21-25,40,42,45-46,51,56-57H,1-2,4-5,8-14,16,19-20,26-39H2,(H,58,68)(H2,55,59,60)(H2,61,62,70)/b21-15+/t42-,45?,46?,51?/m1/s1. The molecule has 6 heterocycles. The van der Waals surface area contributed by atoms with Gasteiger partial charge in [-0.05, 0) is 114 Å². The Bertz CT molecular complexity index is 2330. The molecule has 18 heteroatoms. The molecule has 0 saturated carbocycles. The van der Waals surface area contributed by atoms with Crippen molar-refractivity contribution in [3.8, 4) is 22.8 Å². The van der Waals surface area contributed by atoms with E-state index in [0.717, 1.165) is 120 Å². The van der Waals surface area contributed by atoms with Crippen LogP contribution in [0.4, 0.5) is 10.6 Å². The van der Waals surface area contributed by atoms with Crippen molar-refractivity contribution in [3.63, 3.8) is 0 Å². The second kappa shape index (κ2) is 28.3. The number of anilines is 1. The molecule has 4 aromatic rings. The summed E-state index contributed by atoms with van der Waals surface area (Å²) in [6.07, 6.45) is 20.6. The van der Waals surface area contributed by atoms with Gasteiger partial charge >= 0.3 is 6.03 Å². The maximum Gasteiger partial charge on any atom is 0.315 e. The molecule has 3 unspecified atom stereocenters. The maximum atomic E-state index is 13.5. The lowest BCUT2D eigenvalue weighted by Gasteiger charge is -2.34. The number of ether oxygens (including phenoxy) is 1. The van der Waals surface area contributed by atoms with E-state index >= 15 is 0 Å². The van der Waals surface area contributed by atoms with Crippen molar-refractivity contribution in [2.45, 2.75) is 113 Å². The third kappa shape index (κ3) is 15.9. The van der Waals surface area contributed by atoms with Crippen LogP contribution in [0.5, 0.6) is 11.5 Å². The number of hydrogen-bond donors (Lipinski definition) is 6. The number of thioether (sulfide) groups is 1. The number of unbranched alkanes of at least 4 members (excludes halogenated alkanes) is 7. The van der Waals surface area contributed by atoms with Gasteiger partial charge in [-0.25, -0.2) is 19.4 Å². The van der Waals surface area contributed by atoms with Gasteiger partial charge in [-0.3, -0.25) is 19.4 Å². The van der Waals surface area contributed by atoms with E-state index in [1.165, 1.54) is 57.7 Å². The van der Waals surface area contributed by atoms with Crippen LogP contribution in [0.15, 0.2) is 73.1 Å². The number of aromatic nitrogens is 4. The zero-order valence-electron chi connectivity index (χ0n) is 42.3. The summed E-state index contributed by atoms with van der Waals surface area (Å²) in [4.78, 5) is 53.1. The van der Waals surface area contributed by atoms with E-state index in [1.54, 1.807) is 6.08 Å². The summed E-state index contributed by atoms with van der Waals surface area (Å²) < 4.78 is 7.94. The number of carbonyl (C=O) groups is 3. The van der Waals surface area contributed by atoms with Gasteiger partial charge in [0, 0.05) is 88.0 Å². The summed E-state index contributed by atoms with van der Waals surface area (Å²) >= 11 is 2.01. The number of carbonyl (C=O) groups excluding carboxylic acids is 3. The number of likely N-dealkylation sites (tertiary alicyclic amines) is 1. The second-order valence-corrected chi connectivity index (χ2v) is 21.1. The lowest BCUT2D eigenvalue weighted by Crippen LogP contribution is -2.48. The van der Waals surface area contributed by atoms with Crippen molar-refractivity contribution in [2.75, 3.05) is 96.6 Å². The molecule has 4 aliphatic rings. The highest BCUT2D eigenvalue weighted by molar-refractivity contribution is 8.00. The first kappa shape index (κ1) is 53.0. The van der Waals surface area contributed by atoms with E-state index in [1.807, 2.05) is 82.0 Å². The fourth-order valence-corrected chi connectivity index (χ4v) is 11.9. The molecule has 4 atom stereocenters. The molecule has 0 radical (unpaired) electrons. The highest BCUT2D eigenvalue weighted by atomic mass is 32.2. The molecule has 2 aromatic carbocycles. The number of piperazine rings is 1. The first-order valence-corrected chi connectivity index (χ1v) is 28.0. The van der Waals surface area contributed by atoms with E-state index in [4.69, 9.17) is 15.6 Å². The number of urea groups is 1. The van der Waals surface area contributed by atoms with Crippen LogP contribution in [0.3, 0.4) is 0 Å². The van der Waals surface area contributed by atoms with Gasteiger partial charge in [0.2, 0.25) is 11.8 Å². The Labute approximate surface area is 430 Å². The fraction of sp³-hybridized carbons (Fsp3) is 0.593. The first-order chi connectivity index (χ1) is 35.4. The number of piperidine rings is 1. The number of nitrogens with two attached hydrogens (primary N) is 1. The molecule has 0 aliphatic carbocycles. The molecule has 0 bridgehead atoms. The fourth-order valence-electron chi connectivity index (χ4n) is 10.4. The number of rotatable bonds is 29. The zero-order chi connectivity index (χ0) is 49.7. The van der Waals surface area contributed by atoms with Gasteiger partial charge in [0.15, 0.2) is 5.65 Å². The maximum absolute atomic E-state index is 13.5. The summed E-state index contributed by atoms with van der Waals surface area (Å²) in [7, 11) is 0. The van der Waals surface area contributed by atoms with Gasteiger partial charge in [-0.1, -0.05) is 56.4 Å². The largest absolute Gasteiger partial charge is 0.457 e. The van der Waals surface area contributed by atoms with Gasteiger partial charge in [0.05, 0.1) is 23.5 Å². The molecule has 4 fully saturated rings. The second-order valence-electron chi connectivity index (χ2n) is 19.9. The minimum Gasteiger partial charge on any atom is -0.457 e. The third-order valence-electron chi connectivity index (χ3n) is 14.5. The molecule has 4 aliphatic heterocycles. The molecule has 4 saturated heterocycles. The zero-order valence-corrected chi connectivity index (χ0v) is 43.1. The van der Waals surface area contributed by atoms with Crippen molar-refractivity contribution < 1.29 is 19.1 Å². The van der Waals surface area contributed by atoms with Crippen LogP contribution in [0.2, 0.25) is 0 Å². The normalized spacial score (nSPS) is 20.5. The van der Waals surface area contributed by atoms with Crippen molar-refractivity contribution >= 4 is 46.5 Å². The number of fused-ring (bicyclic) bond motifs is 2. The molecular formula is C54H79N13O4S. The molecule has 4 amide bonds. The number of hydrogen-bond acceptors (Lipinski definition) is 13. The SMILES string of the molecule is Nc1ncnc2c1c(-c1ccc(Oc3ccccc3)cc1)nn2[C@@H]1CCCN(C(=O)/C=C/CN2CCN(CCNC(=O)CCCCCNCCCCCCNCCCCCC3SCC4NC(=O)NC43)CC2)C1. The highest BCUT2D eigenvalue weighted by Gasteiger charge is 2.42. The van der Waals surface area contributed by atoms with E-state index in [0.29, 0.717) is 65.9 Å². The number of nitrogen functional groups attached to an aromatic ring is 1. The topological polar surface area (TPSA) is 200 Å². The Morgan fingerprint density at radius 1 is 0.792 bits per heavy atom. The van der Waals surface area contributed by atoms with Crippen LogP contribution in [0, 0.1) is 0 Å². The molecule has 390 valence electrons. The number of nitrogens with one attached hydrogen (secondary N) is 5. The van der Waals surface area contributed by atoms with E-state index < -0.39 is 0 Å². The van der Waals surface area contributed by atoms with Crippen LogP contribution in [-0.2, 0) is 9.59 Å². The molecule has 17 nitrogen and oxygen atoms in total. The molecular weight excluding hydrogens is 927 g/mol. The number of para-hydroxylation sites is 1. The molecule has 2 aromatic heterocycles. The first-order valence-electron chi connectivity index (χ1n) is 27.0. The average molecular weight is 1010 g/mol. The van der Waals surface area contributed by atoms with E-state index in [2.05, 4.69) is 46.4 Å². The Morgan fingerprint density at radius 2 is 1.49 bits per heavy atom. The van der Waals surface area contributed by atoms with Crippen molar-refractivity contribution in [1.82, 2.24) is 61.0 Å². The Kier molecular flexibility index (Phi) is 20.8. The van der Waals surface area contributed by atoms with Crippen molar-refractivity contribution in [3.05, 3.63) is 73.1 Å². The van der Waals surface area contributed by atoms with Gasteiger partial charge in [0.1, 0.15) is 29.3 Å². The van der Waals surface area contributed by atoms with Gasteiger partial charge < -0.3 is 42.0 Å². The van der Waals surface area contributed by atoms with Crippen molar-refractivity contribution in [1.29, 1.82) is 0 Å². The van der Waals surface area contributed by atoms with Crippen LogP contribution in [-0.4, -0.2) is 160 Å². The lowest BCUT2D eigenvalue weighted by atomic mass is 10.0. The third-order valence-corrected chi connectivity index (χ3v) is 16.0. The predicted molar refractivity (Wildman–Crippen MR) is 288 cm³/mol. The lowest BCUT2D eigenvalue weighted by molar-refractivity contribution is -0.127. The van der Waals surface area contributed by atoms with Crippen LogP contribution in [0.1, 0.15) is 95.9 Å². The van der Waals surface area contributed by atoms with E-state index in [9.17, 15) is 14.4 Å². The predicted octanol–water partition coefficient (Wildman–Crippen LogP) is 6.35. The molecule has 8 rings (SSSR count). The van der Waals surface area contributed by atoms with Crippen molar-refractivity contribution in [2.24, 2.45) is 0 Å². The molecule has 72 heavy (non-hydrogen) atoms. The average Bonchev–Trinajstić information content (AvgIpc) is 4.10. The Hall–Kier alpha value is -5.27. The summed E-state index contributed by atoms with van der Waals surface area (Å²) in [6.45, 7) is 11.6. The summed E-state index contributed by atoms with van der Waals surface area (Å²) in [5.74, 6) is 3.07. The smallest absolute Gasteiger partial charge is 0.315 e. The van der Waals surface area contributed by atoms with Crippen LogP contribution < -0.4 is 37.1 Å². The van der Waals surface area contributed by atoms with Crippen LogP contribution in [0.25, 0.3) is 22.3 Å². The quantitative estimate of drug-likeness (QED) is 0.0200.